The molecule has 0 fully saturated rings. The van der Waals surface area contributed by atoms with Crippen molar-refractivity contribution in [2.45, 2.75) is 18.9 Å². The minimum atomic E-state index is -2.25. The number of aliphatic carboxylic acids is 1. The Morgan fingerprint density at radius 3 is 2.48 bits per heavy atom. The maximum atomic E-state index is 13.9. The maximum absolute atomic E-state index is 13.9. The summed E-state index contributed by atoms with van der Waals surface area (Å²) in [6.45, 7) is 3.94. The molecule has 3 rings (SSSR count). The van der Waals surface area contributed by atoms with Crippen molar-refractivity contribution < 1.29 is 33.8 Å². The van der Waals surface area contributed by atoms with Gasteiger partial charge in [-0.25, -0.2) is 4.39 Å². The first kappa shape index (κ1) is 21.7. The molecule has 160 valence electrons. The Labute approximate surface area is 176 Å². The van der Waals surface area contributed by atoms with Crippen molar-refractivity contribution in [2.75, 3.05) is 11.4 Å². The number of carboxylic acid groups (broad SMARTS) is 1. The van der Waals surface area contributed by atoms with Crippen LogP contribution in [-0.2, 0) is 31.1 Å². The quantitative estimate of drug-likeness (QED) is 0.457. The van der Waals surface area contributed by atoms with E-state index in [1.807, 2.05) is 0 Å². The van der Waals surface area contributed by atoms with Gasteiger partial charge in [-0.05, 0) is 36.8 Å². The van der Waals surface area contributed by atoms with Gasteiger partial charge < -0.3 is 15.5 Å². The number of nitrogens with zero attached hydrogens (tertiary/aromatic N) is 1. The number of nitrogens with one attached hydrogen (secondary N) is 1. The van der Waals surface area contributed by atoms with E-state index in [0.29, 0.717) is 0 Å². The zero-order valence-corrected chi connectivity index (χ0v) is 16.5. The number of Topliss-reactive ketones (excluding diaryl/α,β-unsaturated/α-hetero) is 1. The number of phenolic OH excluding ortho intramolecular Hbond substituents is 1. The number of carboxylic acids is 1. The third kappa shape index (κ3) is 3.77. The van der Waals surface area contributed by atoms with E-state index in [-0.39, 0.29) is 34.6 Å². The second-order valence-electron chi connectivity index (χ2n) is 7.12. The molecule has 9 heteroatoms. The highest BCUT2D eigenvalue weighted by Crippen LogP contribution is 2.42. The predicted molar refractivity (Wildman–Crippen MR) is 108 cm³/mol. The summed E-state index contributed by atoms with van der Waals surface area (Å²) in [4.78, 5) is 50.8. The van der Waals surface area contributed by atoms with Gasteiger partial charge in [0, 0.05) is 17.6 Å². The van der Waals surface area contributed by atoms with Gasteiger partial charge in [-0.15, -0.1) is 0 Å². The molecule has 31 heavy (non-hydrogen) atoms. The Morgan fingerprint density at radius 1 is 1.19 bits per heavy atom. The van der Waals surface area contributed by atoms with Crippen LogP contribution in [-0.4, -0.2) is 40.3 Å². The number of ketones is 1. The van der Waals surface area contributed by atoms with Crippen LogP contribution in [0.15, 0.2) is 54.6 Å². The molecule has 1 heterocycles. The fourth-order valence-corrected chi connectivity index (χ4v) is 3.54. The Hall–Kier alpha value is -4.01. The molecule has 0 bridgehead atoms. The average Bonchev–Trinajstić information content (AvgIpc) is 2.92. The fourth-order valence-electron chi connectivity index (χ4n) is 3.54. The Morgan fingerprint density at radius 2 is 1.87 bits per heavy atom. The van der Waals surface area contributed by atoms with Crippen molar-refractivity contribution in [3.63, 3.8) is 0 Å². The number of hydrogen-bond donors (Lipinski definition) is 3. The molecule has 2 aromatic rings. The van der Waals surface area contributed by atoms with Crippen molar-refractivity contribution in [3.05, 3.63) is 71.6 Å². The van der Waals surface area contributed by atoms with Gasteiger partial charge in [0.05, 0.1) is 5.69 Å². The summed E-state index contributed by atoms with van der Waals surface area (Å²) < 4.78 is 13.9. The van der Waals surface area contributed by atoms with E-state index in [1.165, 1.54) is 30.3 Å². The van der Waals surface area contributed by atoms with Crippen LogP contribution in [0.2, 0.25) is 0 Å². The molecule has 1 aliphatic rings. The summed E-state index contributed by atoms with van der Waals surface area (Å²) in [5, 5.41) is 21.4. The highest BCUT2D eigenvalue weighted by atomic mass is 19.1. The molecule has 0 radical (unpaired) electrons. The number of hydrogen-bond acceptors (Lipinski definition) is 5. The summed E-state index contributed by atoms with van der Waals surface area (Å²) >= 11 is 0. The van der Waals surface area contributed by atoms with Crippen molar-refractivity contribution >= 4 is 29.3 Å². The van der Waals surface area contributed by atoms with Gasteiger partial charge in [0.1, 0.15) is 18.1 Å². The van der Waals surface area contributed by atoms with E-state index >= 15 is 0 Å². The van der Waals surface area contributed by atoms with Gasteiger partial charge in [0.15, 0.2) is 5.78 Å². The molecule has 1 aliphatic heterocycles. The van der Waals surface area contributed by atoms with Crippen molar-refractivity contribution in [1.82, 2.24) is 5.32 Å². The maximum Gasteiger partial charge on any atom is 0.323 e. The van der Waals surface area contributed by atoms with Gasteiger partial charge in [0.2, 0.25) is 11.4 Å². The summed E-state index contributed by atoms with van der Waals surface area (Å²) in [5.41, 5.74) is -2.16. The number of aromatic hydroxyl groups is 1. The van der Waals surface area contributed by atoms with Crippen LogP contribution in [0, 0.1) is 5.82 Å². The lowest BCUT2D eigenvalue weighted by molar-refractivity contribution is -0.141. The predicted octanol–water partition coefficient (Wildman–Crippen LogP) is 1.66. The normalized spacial score (nSPS) is 17.2. The zero-order chi connectivity index (χ0) is 22.9. The van der Waals surface area contributed by atoms with Gasteiger partial charge in [-0.1, -0.05) is 24.8 Å². The molecule has 2 amide bonds. The zero-order valence-electron chi connectivity index (χ0n) is 16.5. The number of rotatable bonds is 7. The van der Waals surface area contributed by atoms with Crippen LogP contribution < -0.4 is 10.2 Å². The molecule has 3 N–H and O–H groups in total. The molecule has 1 unspecified atom stereocenters. The van der Waals surface area contributed by atoms with Crippen molar-refractivity contribution in [1.29, 1.82) is 0 Å². The third-order valence-corrected chi connectivity index (χ3v) is 5.05. The van der Waals surface area contributed by atoms with Crippen LogP contribution in [0.5, 0.6) is 5.75 Å². The van der Waals surface area contributed by atoms with Crippen molar-refractivity contribution in [2.24, 2.45) is 0 Å². The van der Waals surface area contributed by atoms with Crippen LogP contribution in [0.25, 0.3) is 0 Å². The molecule has 0 aliphatic carbocycles. The van der Waals surface area contributed by atoms with E-state index < -0.39 is 41.5 Å². The molecule has 0 saturated carbocycles. The van der Waals surface area contributed by atoms with Crippen molar-refractivity contribution in [3.8, 4) is 5.75 Å². The lowest BCUT2D eigenvalue weighted by Crippen LogP contribution is -2.58. The summed E-state index contributed by atoms with van der Waals surface area (Å²) in [6, 6.07) is 9.41. The second-order valence-corrected chi connectivity index (χ2v) is 7.12. The van der Waals surface area contributed by atoms with Gasteiger partial charge in [0.25, 0.3) is 5.91 Å². The van der Waals surface area contributed by atoms with Crippen LogP contribution in [0.3, 0.4) is 0 Å². The highest BCUT2D eigenvalue weighted by Gasteiger charge is 2.56. The Balaban J connectivity index is 2.01. The largest absolute Gasteiger partial charge is 0.508 e. The number of halogens is 1. The van der Waals surface area contributed by atoms with Gasteiger partial charge in [-0.3, -0.25) is 24.1 Å². The number of amides is 2. The first-order valence-electron chi connectivity index (χ1n) is 9.20. The smallest absolute Gasteiger partial charge is 0.323 e. The van der Waals surface area contributed by atoms with Gasteiger partial charge >= 0.3 is 5.97 Å². The van der Waals surface area contributed by atoms with Crippen LogP contribution in [0.1, 0.15) is 18.1 Å². The van der Waals surface area contributed by atoms with E-state index in [9.17, 15) is 33.8 Å². The van der Waals surface area contributed by atoms with Gasteiger partial charge in [-0.2, -0.15) is 0 Å². The number of phenols is 1. The van der Waals surface area contributed by atoms with E-state index in [1.54, 1.807) is 6.07 Å². The third-order valence-electron chi connectivity index (χ3n) is 5.05. The number of carbonyl (C=O) groups excluding carboxylic acids is 3. The average molecular weight is 426 g/mol. The lowest BCUT2D eigenvalue weighted by Gasteiger charge is -2.27. The molecule has 1 atom stereocenters. The summed E-state index contributed by atoms with van der Waals surface area (Å²) in [7, 11) is 0. The number of carbonyl (C=O) groups is 4. The molecule has 2 aromatic carbocycles. The van der Waals surface area contributed by atoms with E-state index in [2.05, 4.69) is 11.9 Å². The monoisotopic (exact) mass is 426 g/mol. The van der Waals surface area contributed by atoms with Crippen LogP contribution >= 0.6 is 0 Å². The summed E-state index contributed by atoms with van der Waals surface area (Å²) in [6.07, 6.45) is -0.174. The van der Waals surface area contributed by atoms with E-state index in [0.717, 1.165) is 17.9 Å². The van der Waals surface area contributed by atoms with Crippen LogP contribution in [0.4, 0.5) is 10.1 Å². The Kier molecular flexibility index (Phi) is 5.61. The fraction of sp³-hybridized carbons (Fsp3) is 0.182. The highest BCUT2D eigenvalue weighted by molar-refractivity contribution is 6.24. The number of benzene rings is 2. The number of fused-ring (bicyclic) bond motifs is 1. The molecular formula is C22H19FN2O6. The summed E-state index contributed by atoms with van der Waals surface area (Å²) in [5.74, 6) is -4.81. The minimum Gasteiger partial charge on any atom is -0.508 e. The first-order valence-corrected chi connectivity index (χ1v) is 9.20. The molecule has 0 aromatic heterocycles. The SMILES string of the molecule is C=C(Cc1ccccc1F)C(=O)NC1(C(C)=O)C(=O)N(CC(=O)O)c2ccc(O)cc21. The molecule has 8 nitrogen and oxygen atoms in total. The van der Waals surface area contributed by atoms with E-state index in [4.69, 9.17) is 0 Å². The molecular weight excluding hydrogens is 407 g/mol. The minimum absolute atomic E-state index is 0.0571. The topological polar surface area (TPSA) is 124 Å². The lowest BCUT2D eigenvalue weighted by atomic mass is 9.86. The second kappa shape index (κ2) is 8.02. The Bertz CT molecular complexity index is 1130. The molecule has 0 saturated heterocycles. The molecule has 0 spiro atoms. The standard InChI is InChI=1S/C22H19FN2O6/c1-12(9-14-5-3-4-6-17(14)23)20(30)24-22(13(2)26)16-10-15(27)7-8-18(16)25(21(22)31)11-19(28)29/h3-8,10,27H,1,9,11H2,2H3,(H,24,30)(H,28,29). The first-order chi connectivity index (χ1) is 14.6. The number of anilines is 1.